The predicted octanol–water partition coefficient (Wildman–Crippen LogP) is 2.43. The summed E-state index contributed by atoms with van der Waals surface area (Å²) in [5.74, 6) is 0.123. The molecule has 0 atom stereocenters. The zero-order valence-corrected chi connectivity index (χ0v) is 15.7. The molecule has 4 N–H and O–H groups in total. The van der Waals surface area contributed by atoms with E-state index in [9.17, 15) is 4.79 Å². The zero-order valence-electron chi connectivity index (χ0n) is 13.4. The highest BCUT2D eigenvalue weighted by atomic mass is 127. The van der Waals surface area contributed by atoms with E-state index in [1.165, 1.54) is 17.5 Å². The van der Waals surface area contributed by atoms with Gasteiger partial charge >= 0.3 is 0 Å². The maximum Gasteiger partial charge on any atom is 0.242 e. The minimum absolute atomic E-state index is 0. The summed E-state index contributed by atoms with van der Waals surface area (Å²) >= 11 is 0. The van der Waals surface area contributed by atoms with Crippen LogP contribution in [0.3, 0.4) is 0 Å². The summed E-state index contributed by atoms with van der Waals surface area (Å²) in [6.45, 7) is 5.82. The van der Waals surface area contributed by atoms with Gasteiger partial charge in [0.25, 0.3) is 0 Å². The van der Waals surface area contributed by atoms with E-state index in [-0.39, 0.29) is 47.9 Å². The van der Waals surface area contributed by atoms with E-state index < -0.39 is 0 Å². The molecular formula is C16H25IN4O. The fraction of sp³-hybridized carbons (Fsp3) is 0.500. The van der Waals surface area contributed by atoms with Crippen molar-refractivity contribution in [3.05, 3.63) is 29.3 Å². The predicted molar refractivity (Wildman–Crippen MR) is 102 cm³/mol. The van der Waals surface area contributed by atoms with Gasteiger partial charge in [0.2, 0.25) is 5.91 Å². The molecule has 1 aromatic carbocycles. The van der Waals surface area contributed by atoms with Gasteiger partial charge in [-0.15, -0.1) is 24.0 Å². The molecule has 0 spiro atoms. The van der Waals surface area contributed by atoms with Crippen molar-refractivity contribution in [1.82, 2.24) is 5.32 Å². The molecule has 0 unspecified atom stereocenters. The highest BCUT2D eigenvalue weighted by molar-refractivity contribution is 14.0. The molecule has 1 aliphatic rings. The third-order valence-electron chi connectivity index (χ3n) is 3.28. The van der Waals surface area contributed by atoms with E-state index >= 15 is 0 Å². The number of hydrogen-bond donors (Lipinski definition) is 3. The normalized spacial score (nSPS) is 14.0. The van der Waals surface area contributed by atoms with E-state index in [1.54, 1.807) is 0 Å². The number of carbonyl (C=O) groups excluding carboxylic acids is 1. The number of fused-ring (bicyclic) bond motifs is 1. The van der Waals surface area contributed by atoms with Crippen molar-refractivity contribution < 1.29 is 4.79 Å². The van der Waals surface area contributed by atoms with Crippen LogP contribution in [0.2, 0.25) is 0 Å². The Balaban J connectivity index is 0.00000242. The molecule has 0 bridgehead atoms. The van der Waals surface area contributed by atoms with Crippen molar-refractivity contribution >= 4 is 41.5 Å². The summed E-state index contributed by atoms with van der Waals surface area (Å²) < 4.78 is 0. The second-order valence-corrected chi connectivity index (χ2v) is 6.46. The van der Waals surface area contributed by atoms with Gasteiger partial charge in [0.05, 0.1) is 0 Å². The Kier molecular flexibility index (Phi) is 6.65. The topological polar surface area (TPSA) is 79.5 Å². The highest BCUT2D eigenvalue weighted by Crippen LogP contribution is 2.24. The molecule has 122 valence electrons. The largest absolute Gasteiger partial charge is 0.370 e. The van der Waals surface area contributed by atoms with Gasteiger partial charge in [-0.1, -0.05) is 6.07 Å². The molecule has 6 heteroatoms. The van der Waals surface area contributed by atoms with Crippen LogP contribution in [0.15, 0.2) is 23.2 Å². The van der Waals surface area contributed by atoms with Crippen LogP contribution in [-0.2, 0) is 17.6 Å². The number of nitrogens with two attached hydrogens (primary N) is 1. The first kappa shape index (κ1) is 18.7. The monoisotopic (exact) mass is 416 g/mol. The highest BCUT2D eigenvalue weighted by Gasteiger charge is 2.13. The Bertz CT molecular complexity index is 564. The Morgan fingerprint density at radius 1 is 1.27 bits per heavy atom. The van der Waals surface area contributed by atoms with Crippen LogP contribution in [0.1, 0.15) is 38.3 Å². The van der Waals surface area contributed by atoms with Crippen molar-refractivity contribution in [1.29, 1.82) is 0 Å². The van der Waals surface area contributed by atoms with Crippen LogP contribution >= 0.6 is 24.0 Å². The number of benzene rings is 1. The summed E-state index contributed by atoms with van der Waals surface area (Å²) in [5.41, 5.74) is 9.28. The molecule has 0 saturated heterocycles. The van der Waals surface area contributed by atoms with Gasteiger partial charge in [-0.05, 0) is 63.3 Å². The molecule has 1 aliphatic carbocycles. The molecule has 22 heavy (non-hydrogen) atoms. The van der Waals surface area contributed by atoms with Gasteiger partial charge in [-0.3, -0.25) is 4.79 Å². The summed E-state index contributed by atoms with van der Waals surface area (Å²) in [5, 5.41) is 5.88. The Hall–Kier alpha value is -1.31. The lowest BCUT2D eigenvalue weighted by atomic mass is 10.1. The number of hydrogen-bond acceptors (Lipinski definition) is 2. The summed E-state index contributed by atoms with van der Waals surface area (Å²) in [4.78, 5) is 15.7. The van der Waals surface area contributed by atoms with E-state index in [0.717, 1.165) is 18.5 Å². The number of amides is 1. The molecule has 0 aliphatic heterocycles. The van der Waals surface area contributed by atoms with Gasteiger partial charge in [0, 0.05) is 11.2 Å². The first-order valence-electron chi connectivity index (χ1n) is 7.33. The van der Waals surface area contributed by atoms with Crippen LogP contribution in [0.25, 0.3) is 0 Å². The quantitative estimate of drug-likeness (QED) is 0.402. The minimum Gasteiger partial charge on any atom is -0.370 e. The second-order valence-electron chi connectivity index (χ2n) is 6.46. The van der Waals surface area contributed by atoms with Gasteiger partial charge < -0.3 is 16.4 Å². The van der Waals surface area contributed by atoms with Crippen molar-refractivity contribution in [3.63, 3.8) is 0 Å². The molecule has 2 rings (SSSR count). The van der Waals surface area contributed by atoms with E-state index in [2.05, 4.69) is 27.8 Å². The van der Waals surface area contributed by atoms with E-state index in [1.807, 2.05) is 26.8 Å². The molecule has 1 amide bonds. The van der Waals surface area contributed by atoms with Crippen LogP contribution in [0.4, 0.5) is 5.69 Å². The fourth-order valence-corrected chi connectivity index (χ4v) is 2.45. The van der Waals surface area contributed by atoms with E-state index in [4.69, 9.17) is 5.73 Å². The number of nitrogens with one attached hydrogen (secondary N) is 2. The van der Waals surface area contributed by atoms with Crippen molar-refractivity contribution in [2.75, 3.05) is 11.9 Å². The maximum atomic E-state index is 11.7. The molecule has 1 aromatic rings. The number of rotatable bonds is 3. The molecule has 0 fully saturated rings. The first-order valence-corrected chi connectivity index (χ1v) is 7.33. The van der Waals surface area contributed by atoms with Crippen LogP contribution in [-0.4, -0.2) is 24.0 Å². The van der Waals surface area contributed by atoms with Gasteiger partial charge in [-0.2, -0.15) is 0 Å². The molecule has 0 saturated carbocycles. The fourth-order valence-electron chi connectivity index (χ4n) is 2.45. The third kappa shape index (κ3) is 5.82. The lowest BCUT2D eigenvalue weighted by Gasteiger charge is -2.19. The molecule has 5 nitrogen and oxygen atoms in total. The van der Waals surface area contributed by atoms with Crippen molar-refractivity contribution in [2.24, 2.45) is 10.7 Å². The van der Waals surface area contributed by atoms with Crippen molar-refractivity contribution in [2.45, 2.75) is 45.6 Å². The number of aryl methyl sites for hydroxylation is 2. The van der Waals surface area contributed by atoms with E-state index in [0.29, 0.717) is 0 Å². The first-order chi connectivity index (χ1) is 9.83. The lowest BCUT2D eigenvalue weighted by Crippen LogP contribution is -2.42. The Labute approximate surface area is 149 Å². The van der Waals surface area contributed by atoms with Crippen LogP contribution in [0, 0.1) is 0 Å². The lowest BCUT2D eigenvalue weighted by molar-refractivity contribution is -0.121. The summed E-state index contributed by atoms with van der Waals surface area (Å²) in [7, 11) is 0. The number of aliphatic imine (C=N–C) groups is 1. The molecule has 0 radical (unpaired) electrons. The van der Waals surface area contributed by atoms with Crippen molar-refractivity contribution in [3.8, 4) is 0 Å². The third-order valence-corrected chi connectivity index (χ3v) is 3.28. The molecule has 0 heterocycles. The standard InChI is InChI=1S/C16H24N4O.HI/c1-16(2,3)20-14(21)10-18-15(17)19-13-8-7-11-5-4-6-12(11)9-13;/h7-9H,4-6,10H2,1-3H3,(H,20,21)(H3,17,18,19);1H. The number of nitrogens with zero attached hydrogens (tertiary/aromatic N) is 1. The smallest absolute Gasteiger partial charge is 0.242 e. The zero-order chi connectivity index (χ0) is 15.5. The number of carbonyl (C=O) groups is 1. The summed E-state index contributed by atoms with van der Waals surface area (Å²) in [6.07, 6.45) is 3.50. The number of anilines is 1. The average molecular weight is 416 g/mol. The average Bonchev–Trinajstić information content (AvgIpc) is 2.81. The minimum atomic E-state index is -0.255. The molecule has 0 aromatic heterocycles. The van der Waals surface area contributed by atoms with Crippen LogP contribution in [0.5, 0.6) is 0 Å². The number of guanidine groups is 1. The van der Waals surface area contributed by atoms with Gasteiger partial charge in [-0.25, -0.2) is 4.99 Å². The SMILES string of the molecule is CC(C)(C)NC(=O)CN=C(N)Nc1ccc2c(c1)CCC2.I. The van der Waals surface area contributed by atoms with Gasteiger partial charge in [0.1, 0.15) is 6.54 Å². The maximum absolute atomic E-state index is 11.7. The van der Waals surface area contributed by atoms with Crippen LogP contribution < -0.4 is 16.4 Å². The Morgan fingerprint density at radius 3 is 2.64 bits per heavy atom. The second kappa shape index (κ2) is 7.80. The van der Waals surface area contributed by atoms with Gasteiger partial charge in [0.15, 0.2) is 5.96 Å². The molecular weight excluding hydrogens is 391 g/mol. The summed E-state index contributed by atoms with van der Waals surface area (Å²) in [6, 6.07) is 6.24. The Morgan fingerprint density at radius 2 is 1.95 bits per heavy atom. The number of halogens is 1.